The lowest BCUT2D eigenvalue weighted by Gasteiger charge is -1.92. The largest absolute Gasteiger partial charge is 0.454 e. The van der Waals surface area contributed by atoms with Gasteiger partial charge in [-0.1, -0.05) is 0 Å². The first-order valence-corrected chi connectivity index (χ1v) is 7.47. The first-order valence-electron chi connectivity index (χ1n) is 5.83. The summed E-state index contributed by atoms with van der Waals surface area (Å²) in [5, 5.41) is 16.4. The normalized spacial score (nSPS) is 11.1. The molecule has 3 rings (SSSR count). The fourth-order valence-electron chi connectivity index (χ4n) is 1.80. The van der Waals surface area contributed by atoms with Crippen LogP contribution in [0.2, 0.25) is 0 Å². The molecule has 0 saturated heterocycles. The summed E-state index contributed by atoms with van der Waals surface area (Å²) in [6.07, 6.45) is 0. The highest BCUT2D eigenvalue weighted by Crippen LogP contribution is 2.35. The Bertz CT molecular complexity index is 621. The maximum absolute atomic E-state index is 9.07. The minimum absolute atomic E-state index is 0.0655. The van der Waals surface area contributed by atoms with E-state index in [9.17, 15) is 0 Å². The Morgan fingerprint density at radius 3 is 1.95 bits per heavy atom. The Labute approximate surface area is 118 Å². The van der Waals surface area contributed by atoms with Crippen LogP contribution in [0.25, 0.3) is 21.3 Å². The molecule has 19 heavy (non-hydrogen) atoms. The highest BCUT2D eigenvalue weighted by atomic mass is 32.1. The quantitative estimate of drug-likeness (QED) is 0.749. The summed E-state index contributed by atoms with van der Waals surface area (Å²) in [7, 11) is 0. The van der Waals surface area contributed by atoms with E-state index < -0.39 is 0 Å². The molecular weight excluding hydrogens is 280 g/mol. The molecule has 0 aromatic carbocycles. The van der Waals surface area contributed by atoms with Gasteiger partial charge in [-0.15, -0.1) is 22.7 Å². The zero-order valence-electron chi connectivity index (χ0n) is 10.1. The molecule has 0 saturated carbocycles. The van der Waals surface area contributed by atoms with Gasteiger partial charge >= 0.3 is 0 Å². The predicted molar refractivity (Wildman–Crippen MR) is 78.6 cm³/mol. The van der Waals surface area contributed by atoms with Gasteiger partial charge in [0, 0.05) is 4.88 Å². The molecule has 98 valence electrons. The van der Waals surface area contributed by atoms with Gasteiger partial charge < -0.3 is 14.6 Å². The molecule has 3 heterocycles. The van der Waals surface area contributed by atoms with Crippen LogP contribution in [0, 0.1) is 0 Å². The highest BCUT2D eigenvalue weighted by molar-refractivity contribution is 7.15. The van der Waals surface area contributed by atoms with Crippen LogP contribution in [0.5, 0.6) is 0 Å². The zero-order chi connectivity index (χ0) is 13.2. The van der Waals surface area contributed by atoms with E-state index in [0.717, 1.165) is 31.0 Å². The topological polar surface area (TPSA) is 56.3 Å². The van der Waals surface area contributed by atoms with Crippen molar-refractivity contribution < 1.29 is 14.6 Å². The van der Waals surface area contributed by atoms with E-state index in [1.807, 2.05) is 36.4 Å². The van der Waals surface area contributed by atoms with Crippen molar-refractivity contribution >= 4 is 22.7 Å². The van der Waals surface area contributed by atoms with Crippen molar-refractivity contribution in [2.45, 2.75) is 13.2 Å². The van der Waals surface area contributed by atoms with E-state index in [2.05, 4.69) is 0 Å². The van der Waals surface area contributed by atoms with Crippen LogP contribution in [0.3, 0.4) is 0 Å². The molecule has 5 heteroatoms. The van der Waals surface area contributed by atoms with Crippen molar-refractivity contribution in [3.63, 3.8) is 0 Å². The van der Waals surface area contributed by atoms with Gasteiger partial charge in [0.05, 0.1) is 21.2 Å². The molecule has 0 amide bonds. The number of hydrogen-bond donors (Lipinski definition) is 1. The molecular formula is C14H13O3S2+. The van der Waals surface area contributed by atoms with E-state index in [0.29, 0.717) is 6.61 Å². The Balaban J connectivity index is 1.90. The van der Waals surface area contributed by atoms with Gasteiger partial charge in [0.15, 0.2) is 6.61 Å². The second kappa shape index (κ2) is 5.30. The van der Waals surface area contributed by atoms with Crippen LogP contribution in [-0.4, -0.2) is 10.2 Å². The Morgan fingerprint density at radius 1 is 0.895 bits per heavy atom. The second-order valence-electron chi connectivity index (χ2n) is 4.03. The Hall–Kier alpha value is -1.40. The first-order chi connectivity index (χ1) is 9.30. The van der Waals surface area contributed by atoms with Crippen LogP contribution in [0.4, 0.5) is 0 Å². The van der Waals surface area contributed by atoms with Gasteiger partial charge in [-0.2, -0.15) is 0 Å². The third kappa shape index (κ3) is 2.50. The maximum atomic E-state index is 9.07. The van der Waals surface area contributed by atoms with Crippen molar-refractivity contribution in [1.29, 1.82) is 0 Å². The third-order valence-corrected chi connectivity index (χ3v) is 4.93. The predicted octanol–water partition coefficient (Wildman–Crippen LogP) is 3.45. The summed E-state index contributed by atoms with van der Waals surface area (Å²) < 4.78 is 5.85. The van der Waals surface area contributed by atoms with Crippen molar-refractivity contribution in [1.82, 2.24) is 0 Å². The molecule has 3 nitrogen and oxygen atoms in total. The lowest BCUT2D eigenvalue weighted by molar-refractivity contribution is 0.285. The minimum Gasteiger partial charge on any atom is -0.454 e. The summed E-state index contributed by atoms with van der Waals surface area (Å²) >= 11 is 3.12. The van der Waals surface area contributed by atoms with Gasteiger partial charge in [0.2, 0.25) is 0 Å². The fourth-order valence-corrected chi connectivity index (χ4v) is 3.47. The van der Waals surface area contributed by atoms with Crippen LogP contribution < -0.4 is 0 Å². The van der Waals surface area contributed by atoms with Gasteiger partial charge in [0.25, 0.3) is 0 Å². The van der Waals surface area contributed by atoms with Gasteiger partial charge in [0.1, 0.15) is 11.5 Å². The lowest BCUT2D eigenvalue weighted by Crippen LogP contribution is -1.70. The molecule has 3 N–H and O–H groups in total. The number of rotatable bonds is 4. The van der Waals surface area contributed by atoms with Crippen molar-refractivity contribution in [3.05, 3.63) is 46.2 Å². The Kier molecular flexibility index (Phi) is 3.52. The summed E-state index contributed by atoms with van der Waals surface area (Å²) in [6.45, 7) is 0.374. The molecule has 0 spiro atoms. The van der Waals surface area contributed by atoms with Gasteiger partial charge in [-0.3, -0.25) is 0 Å². The average molecular weight is 293 g/mol. The van der Waals surface area contributed by atoms with Gasteiger partial charge in [-0.05, 0) is 36.4 Å². The zero-order valence-corrected chi connectivity index (χ0v) is 11.7. The molecule has 0 aliphatic rings. The molecule has 0 atom stereocenters. The average Bonchev–Trinajstić information content (AvgIpc) is 3.16. The second-order valence-corrected chi connectivity index (χ2v) is 6.37. The van der Waals surface area contributed by atoms with Gasteiger partial charge in [-0.25, -0.2) is 0 Å². The van der Waals surface area contributed by atoms with E-state index in [4.69, 9.17) is 14.6 Å². The van der Waals surface area contributed by atoms with Crippen molar-refractivity contribution in [2.75, 3.05) is 0 Å². The third-order valence-electron chi connectivity index (χ3n) is 2.75. The monoisotopic (exact) mass is 293 g/mol. The molecule has 3 aromatic heterocycles. The Morgan fingerprint density at radius 2 is 1.47 bits per heavy atom. The molecule has 0 bridgehead atoms. The fraction of sp³-hybridized carbons (Fsp3) is 0.143. The molecule has 0 unspecified atom stereocenters. The smallest absolute Gasteiger partial charge is 0.179 e. The van der Waals surface area contributed by atoms with E-state index in [1.54, 1.807) is 11.3 Å². The standard InChI is InChI=1S/C14H12O3S2/c15-7-9-1-5-13(18-9)11-3-4-12(17-11)14-6-2-10(8-16)19-14/h1-6,15-16H,7-8H2/p+1. The summed E-state index contributed by atoms with van der Waals surface area (Å²) in [5.74, 6) is 1.65. The molecule has 0 radical (unpaired) electrons. The molecule has 0 aliphatic heterocycles. The van der Waals surface area contributed by atoms with E-state index in [-0.39, 0.29) is 6.61 Å². The summed E-state index contributed by atoms with van der Waals surface area (Å²) in [5.41, 5.74) is 0. The molecule has 0 aliphatic carbocycles. The number of aliphatic hydroxyl groups excluding tert-OH is 1. The van der Waals surface area contributed by atoms with Crippen LogP contribution in [0.1, 0.15) is 9.75 Å². The number of thiophene rings is 2. The van der Waals surface area contributed by atoms with Crippen molar-refractivity contribution in [3.8, 4) is 21.3 Å². The molecule has 0 fully saturated rings. The number of furan rings is 1. The van der Waals surface area contributed by atoms with Crippen LogP contribution in [-0.2, 0) is 13.2 Å². The number of hydrogen-bond acceptors (Lipinski definition) is 4. The highest BCUT2D eigenvalue weighted by Gasteiger charge is 2.11. The van der Waals surface area contributed by atoms with Crippen LogP contribution in [0.15, 0.2) is 40.8 Å². The summed E-state index contributed by atoms with van der Waals surface area (Å²) in [4.78, 5) is 4.03. The van der Waals surface area contributed by atoms with Crippen LogP contribution >= 0.6 is 22.7 Å². The molecule has 3 aromatic rings. The minimum atomic E-state index is 0.0655. The maximum Gasteiger partial charge on any atom is 0.179 e. The number of aliphatic hydroxyl groups is 1. The van der Waals surface area contributed by atoms with Crippen molar-refractivity contribution in [2.24, 2.45) is 0 Å². The summed E-state index contributed by atoms with van der Waals surface area (Å²) in [6, 6.07) is 11.7. The van der Waals surface area contributed by atoms with E-state index >= 15 is 0 Å². The van der Waals surface area contributed by atoms with E-state index in [1.165, 1.54) is 11.3 Å². The lowest BCUT2D eigenvalue weighted by atomic mass is 10.3. The first kappa shape index (κ1) is 12.6. The SMILES string of the molecule is OCc1ccc(-c2ccc(-c3ccc(C[OH2+])s3)o2)s1.